The van der Waals surface area contributed by atoms with Gasteiger partial charge < -0.3 is 10.2 Å². The topological polar surface area (TPSA) is 64.3 Å². The van der Waals surface area contributed by atoms with E-state index in [-0.39, 0.29) is 5.91 Å². The van der Waals surface area contributed by atoms with Gasteiger partial charge >= 0.3 is 0 Å². The summed E-state index contributed by atoms with van der Waals surface area (Å²) in [7, 11) is 2.16. The lowest BCUT2D eigenvalue weighted by Gasteiger charge is -2.36. The highest BCUT2D eigenvalue weighted by Gasteiger charge is 2.19. The monoisotopic (exact) mass is 293 g/mol. The zero-order valence-electron chi connectivity index (χ0n) is 13.1. The highest BCUT2D eigenvalue weighted by Crippen LogP contribution is 2.09. The van der Waals surface area contributed by atoms with Crippen LogP contribution in [0.4, 0.5) is 0 Å². The molecule has 0 bridgehead atoms. The third-order valence-corrected chi connectivity index (χ3v) is 4.24. The minimum Gasteiger partial charge on any atom is -0.356 e. The van der Waals surface area contributed by atoms with E-state index in [0.717, 1.165) is 44.6 Å². The van der Waals surface area contributed by atoms with Gasteiger partial charge in [-0.15, -0.1) is 0 Å². The van der Waals surface area contributed by atoms with Crippen LogP contribution in [0.15, 0.2) is 12.4 Å². The number of H-pyrrole nitrogens is 1. The molecule has 1 fully saturated rings. The first-order valence-corrected chi connectivity index (χ1v) is 7.82. The van der Waals surface area contributed by atoms with E-state index in [1.54, 1.807) is 6.20 Å². The summed E-state index contributed by atoms with van der Waals surface area (Å²) in [5.74, 6) is 0.152. The van der Waals surface area contributed by atoms with Crippen molar-refractivity contribution in [3.8, 4) is 0 Å². The van der Waals surface area contributed by atoms with Gasteiger partial charge in [-0.2, -0.15) is 5.10 Å². The summed E-state index contributed by atoms with van der Waals surface area (Å²) in [5, 5.41) is 9.64. The van der Waals surface area contributed by atoms with Crippen LogP contribution in [0.1, 0.15) is 25.3 Å². The molecule has 0 radical (unpaired) electrons. The van der Waals surface area contributed by atoms with Gasteiger partial charge in [0.2, 0.25) is 5.91 Å². The van der Waals surface area contributed by atoms with Gasteiger partial charge in [0.25, 0.3) is 0 Å². The number of likely N-dealkylation sites (N-methyl/N-ethyl adjacent to an activating group) is 1. The average molecular weight is 293 g/mol. The highest BCUT2D eigenvalue weighted by atomic mass is 16.1. The molecule has 1 aliphatic rings. The van der Waals surface area contributed by atoms with Gasteiger partial charge in [-0.1, -0.05) is 0 Å². The Morgan fingerprint density at radius 2 is 2.19 bits per heavy atom. The summed E-state index contributed by atoms with van der Waals surface area (Å²) in [6, 6.07) is 0.485. The second kappa shape index (κ2) is 8.14. The highest BCUT2D eigenvalue weighted by molar-refractivity contribution is 5.75. The van der Waals surface area contributed by atoms with E-state index in [9.17, 15) is 4.79 Å². The number of piperazine rings is 1. The van der Waals surface area contributed by atoms with E-state index in [1.807, 2.05) is 6.20 Å². The van der Waals surface area contributed by atoms with Crippen molar-refractivity contribution in [3.63, 3.8) is 0 Å². The first kappa shape index (κ1) is 16.0. The minimum atomic E-state index is 0.152. The zero-order valence-corrected chi connectivity index (χ0v) is 13.1. The van der Waals surface area contributed by atoms with Crippen molar-refractivity contribution >= 4 is 5.91 Å². The van der Waals surface area contributed by atoms with E-state index in [2.05, 4.69) is 39.3 Å². The molecule has 0 unspecified atom stereocenters. The maximum absolute atomic E-state index is 11.8. The zero-order chi connectivity index (χ0) is 15.1. The Balaban J connectivity index is 1.57. The summed E-state index contributed by atoms with van der Waals surface area (Å²) in [6.45, 7) is 7.38. The molecule has 1 atom stereocenters. The summed E-state index contributed by atoms with van der Waals surface area (Å²) in [5.41, 5.74) is 1.13. The van der Waals surface area contributed by atoms with Crippen LogP contribution in [0.25, 0.3) is 0 Å². The first-order chi connectivity index (χ1) is 10.1. The number of aromatic nitrogens is 2. The number of nitrogens with one attached hydrogen (secondary N) is 2. The van der Waals surface area contributed by atoms with Crippen molar-refractivity contribution in [2.24, 2.45) is 0 Å². The van der Waals surface area contributed by atoms with Gasteiger partial charge in [0.05, 0.1) is 6.20 Å². The molecule has 1 saturated heterocycles. The van der Waals surface area contributed by atoms with Crippen molar-refractivity contribution in [1.29, 1.82) is 0 Å². The number of rotatable bonds is 7. The van der Waals surface area contributed by atoms with Crippen LogP contribution in [0, 0.1) is 0 Å². The molecular formula is C15H27N5O. The van der Waals surface area contributed by atoms with Crippen LogP contribution >= 0.6 is 0 Å². The van der Waals surface area contributed by atoms with Crippen LogP contribution in [-0.4, -0.2) is 71.7 Å². The lowest BCUT2D eigenvalue weighted by molar-refractivity contribution is -0.121. The molecule has 2 rings (SSSR count). The van der Waals surface area contributed by atoms with E-state index < -0.39 is 0 Å². The predicted octanol–water partition coefficient (Wildman–Crippen LogP) is 0.485. The number of nitrogens with zero attached hydrogens (tertiary/aromatic N) is 3. The predicted molar refractivity (Wildman–Crippen MR) is 83.1 cm³/mol. The normalized spacial score (nSPS) is 18.6. The standard InChI is InChI=1S/C15H27N5O/c1-13(20-9-7-19(2)8-10-20)3-4-15(21)16-6-5-14-11-17-18-12-14/h11-13H,3-10H2,1-2H3,(H,16,21)(H,17,18)/t13-/m0/s1. The molecule has 1 aromatic rings. The van der Waals surface area contributed by atoms with Gasteiger partial charge in [-0.25, -0.2) is 0 Å². The van der Waals surface area contributed by atoms with Crippen LogP contribution in [-0.2, 0) is 11.2 Å². The molecule has 6 heteroatoms. The SMILES string of the molecule is C[C@@H](CCC(=O)NCCc1cn[nH]c1)N1CCN(C)CC1. The second-order valence-corrected chi connectivity index (χ2v) is 5.93. The average Bonchev–Trinajstić information content (AvgIpc) is 2.99. The van der Waals surface area contributed by atoms with Gasteiger partial charge in [-0.05, 0) is 32.4 Å². The molecule has 1 aromatic heterocycles. The Bertz CT molecular complexity index is 412. The Morgan fingerprint density at radius 1 is 1.43 bits per heavy atom. The van der Waals surface area contributed by atoms with Gasteiger partial charge in [0, 0.05) is 51.4 Å². The molecule has 0 aliphatic carbocycles. The third kappa shape index (κ3) is 5.47. The van der Waals surface area contributed by atoms with Crippen molar-refractivity contribution in [1.82, 2.24) is 25.3 Å². The fraction of sp³-hybridized carbons (Fsp3) is 0.733. The van der Waals surface area contributed by atoms with Crippen LogP contribution in [0.3, 0.4) is 0 Å². The van der Waals surface area contributed by atoms with Gasteiger partial charge in [0.1, 0.15) is 0 Å². The molecule has 21 heavy (non-hydrogen) atoms. The molecule has 1 aliphatic heterocycles. The molecule has 2 N–H and O–H groups in total. The lowest BCUT2D eigenvalue weighted by atomic mass is 10.1. The Kier molecular flexibility index (Phi) is 6.20. The molecule has 6 nitrogen and oxygen atoms in total. The summed E-state index contributed by atoms with van der Waals surface area (Å²) >= 11 is 0. The number of carbonyl (C=O) groups is 1. The van der Waals surface area contributed by atoms with Crippen molar-refractivity contribution in [2.45, 2.75) is 32.2 Å². The van der Waals surface area contributed by atoms with Gasteiger partial charge in [0.15, 0.2) is 0 Å². The first-order valence-electron chi connectivity index (χ1n) is 7.82. The molecular weight excluding hydrogens is 266 g/mol. The van der Waals surface area contributed by atoms with E-state index in [4.69, 9.17) is 0 Å². The number of carbonyl (C=O) groups excluding carboxylic acids is 1. The minimum absolute atomic E-state index is 0.152. The maximum Gasteiger partial charge on any atom is 0.220 e. The van der Waals surface area contributed by atoms with E-state index in [0.29, 0.717) is 19.0 Å². The Morgan fingerprint density at radius 3 is 2.86 bits per heavy atom. The Hall–Kier alpha value is -1.40. The largest absolute Gasteiger partial charge is 0.356 e. The van der Waals surface area contributed by atoms with Crippen LogP contribution in [0.2, 0.25) is 0 Å². The van der Waals surface area contributed by atoms with Gasteiger partial charge in [-0.3, -0.25) is 14.8 Å². The fourth-order valence-corrected chi connectivity index (χ4v) is 2.63. The maximum atomic E-state index is 11.8. The molecule has 1 amide bonds. The van der Waals surface area contributed by atoms with Crippen molar-refractivity contribution in [2.75, 3.05) is 39.8 Å². The van der Waals surface area contributed by atoms with Crippen LogP contribution in [0.5, 0.6) is 0 Å². The van der Waals surface area contributed by atoms with Crippen molar-refractivity contribution < 1.29 is 4.79 Å². The fourth-order valence-electron chi connectivity index (χ4n) is 2.63. The quantitative estimate of drug-likeness (QED) is 0.768. The van der Waals surface area contributed by atoms with Crippen LogP contribution < -0.4 is 5.32 Å². The molecule has 118 valence electrons. The number of aromatic amines is 1. The number of hydrogen-bond acceptors (Lipinski definition) is 4. The van der Waals surface area contributed by atoms with E-state index >= 15 is 0 Å². The second-order valence-electron chi connectivity index (χ2n) is 5.93. The molecule has 0 saturated carbocycles. The molecule has 2 heterocycles. The summed E-state index contributed by atoms with van der Waals surface area (Å²) in [6.07, 6.45) is 6.03. The Labute approximate surface area is 126 Å². The molecule has 0 spiro atoms. The number of amides is 1. The van der Waals surface area contributed by atoms with E-state index in [1.165, 1.54) is 0 Å². The number of hydrogen-bond donors (Lipinski definition) is 2. The summed E-state index contributed by atoms with van der Waals surface area (Å²) in [4.78, 5) is 16.7. The smallest absolute Gasteiger partial charge is 0.220 e. The molecule has 0 aromatic carbocycles. The lowest BCUT2D eigenvalue weighted by Crippen LogP contribution is -2.48. The summed E-state index contributed by atoms with van der Waals surface area (Å²) < 4.78 is 0. The third-order valence-electron chi connectivity index (χ3n) is 4.24. The van der Waals surface area contributed by atoms with Crippen molar-refractivity contribution in [3.05, 3.63) is 18.0 Å².